The topological polar surface area (TPSA) is 97.2 Å². The van der Waals surface area contributed by atoms with Gasteiger partial charge < -0.3 is 9.88 Å². The number of sulfonamides is 1. The monoisotopic (exact) mass is 363 g/mol. The molecule has 2 aromatic rings. The highest BCUT2D eigenvalue weighted by Gasteiger charge is 2.33. The molecule has 2 aromatic heterocycles. The van der Waals surface area contributed by atoms with Crippen molar-refractivity contribution in [1.29, 1.82) is 0 Å². The molecule has 3 heterocycles. The Hall–Kier alpha value is -2.26. The van der Waals surface area contributed by atoms with Crippen LogP contribution in [0.2, 0.25) is 0 Å². The number of fused-ring (bicyclic) bond motifs is 1. The van der Waals surface area contributed by atoms with E-state index in [0.29, 0.717) is 25.5 Å². The fourth-order valence-electron chi connectivity index (χ4n) is 2.89. The normalized spacial score (nSPS) is 17.9. The van der Waals surface area contributed by atoms with Gasteiger partial charge in [0.05, 0.1) is 24.0 Å². The number of carbonyl (C=O) groups excluding carboxylic acids is 1. The average molecular weight is 363 g/mol. The third kappa shape index (κ3) is 3.57. The number of nitrogens with one attached hydrogen (secondary N) is 1. The van der Waals surface area contributed by atoms with Gasteiger partial charge >= 0.3 is 0 Å². The first-order chi connectivity index (χ1) is 11.9. The molecule has 0 fully saturated rings. The number of pyridine rings is 1. The first-order valence-electron chi connectivity index (χ1n) is 8.17. The Morgan fingerprint density at radius 1 is 1.36 bits per heavy atom. The Morgan fingerprint density at radius 2 is 2.16 bits per heavy atom. The van der Waals surface area contributed by atoms with Gasteiger partial charge in [-0.3, -0.25) is 9.78 Å². The predicted octanol–water partition coefficient (Wildman–Crippen LogP) is 0.934. The number of imidazole rings is 1. The van der Waals surface area contributed by atoms with Crippen molar-refractivity contribution in [3.8, 4) is 0 Å². The summed E-state index contributed by atoms with van der Waals surface area (Å²) < 4.78 is 27.7. The van der Waals surface area contributed by atoms with Crippen molar-refractivity contribution in [1.82, 2.24) is 24.2 Å². The lowest BCUT2D eigenvalue weighted by Gasteiger charge is -2.32. The summed E-state index contributed by atoms with van der Waals surface area (Å²) in [6, 6.07) is 5.10. The van der Waals surface area contributed by atoms with Crippen LogP contribution in [0, 0.1) is 0 Å². The van der Waals surface area contributed by atoms with E-state index >= 15 is 0 Å². The Bertz CT molecular complexity index is 863. The zero-order valence-electron chi connectivity index (χ0n) is 14.2. The van der Waals surface area contributed by atoms with Crippen LogP contribution in [0.5, 0.6) is 0 Å². The largest absolute Gasteiger partial charge is 0.345 e. The van der Waals surface area contributed by atoms with Crippen molar-refractivity contribution < 1.29 is 13.2 Å². The van der Waals surface area contributed by atoms with Crippen LogP contribution in [0.25, 0.3) is 0 Å². The van der Waals surface area contributed by atoms with Gasteiger partial charge in [-0.2, -0.15) is 4.31 Å². The number of carbonyl (C=O) groups is 1. The summed E-state index contributed by atoms with van der Waals surface area (Å²) >= 11 is 0. The molecule has 0 radical (unpaired) electrons. The summed E-state index contributed by atoms with van der Waals surface area (Å²) in [6.07, 6.45) is 3.34. The van der Waals surface area contributed by atoms with E-state index in [1.807, 2.05) is 22.8 Å². The summed E-state index contributed by atoms with van der Waals surface area (Å²) in [4.78, 5) is 20.9. The van der Waals surface area contributed by atoms with Crippen molar-refractivity contribution in [2.45, 2.75) is 33.0 Å². The number of aromatic nitrogens is 3. The van der Waals surface area contributed by atoms with Gasteiger partial charge in [-0.25, -0.2) is 13.4 Å². The molecule has 1 aliphatic rings. The maximum absolute atomic E-state index is 12.3. The molecule has 1 aliphatic heterocycles. The summed E-state index contributed by atoms with van der Waals surface area (Å²) in [5, 5.41) is 2.78. The lowest BCUT2D eigenvalue weighted by atomic mass is 10.2. The fourth-order valence-corrected chi connectivity index (χ4v) is 4.16. The van der Waals surface area contributed by atoms with Gasteiger partial charge in [0, 0.05) is 25.5 Å². The molecule has 0 spiro atoms. The van der Waals surface area contributed by atoms with E-state index in [2.05, 4.69) is 15.3 Å². The van der Waals surface area contributed by atoms with Crippen molar-refractivity contribution in [2.75, 3.05) is 12.3 Å². The van der Waals surface area contributed by atoms with Crippen LogP contribution in [0.3, 0.4) is 0 Å². The van der Waals surface area contributed by atoms with E-state index in [1.165, 1.54) is 4.31 Å². The van der Waals surface area contributed by atoms with E-state index in [9.17, 15) is 13.2 Å². The van der Waals surface area contributed by atoms with E-state index in [1.54, 1.807) is 26.2 Å². The third-order valence-corrected chi connectivity index (χ3v) is 6.23. The summed E-state index contributed by atoms with van der Waals surface area (Å²) in [7, 11) is -3.30. The molecule has 1 amide bonds. The van der Waals surface area contributed by atoms with Crippen molar-refractivity contribution in [3.05, 3.63) is 47.8 Å². The highest BCUT2D eigenvalue weighted by molar-refractivity contribution is 7.89. The van der Waals surface area contributed by atoms with Gasteiger partial charge in [0.1, 0.15) is 11.5 Å². The molecule has 1 N–H and O–H groups in total. The molecule has 0 saturated carbocycles. The first kappa shape index (κ1) is 17.6. The third-order valence-electron chi connectivity index (χ3n) is 4.29. The zero-order chi connectivity index (χ0) is 18.0. The van der Waals surface area contributed by atoms with Crippen molar-refractivity contribution >= 4 is 15.9 Å². The summed E-state index contributed by atoms with van der Waals surface area (Å²) in [5.74, 6) is 0.339. The second kappa shape index (κ2) is 6.93. The van der Waals surface area contributed by atoms with Gasteiger partial charge in [0.15, 0.2) is 0 Å². The number of amides is 1. The maximum Gasteiger partial charge on any atom is 0.271 e. The van der Waals surface area contributed by atoms with E-state index in [0.717, 1.165) is 5.69 Å². The molecule has 3 rings (SSSR count). The maximum atomic E-state index is 12.3. The number of hydrogen-bond acceptors (Lipinski definition) is 5. The molecule has 0 unspecified atom stereocenters. The first-order valence-corrected chi connectivity index (χ1v) is 9.78. The Balaban J connectivity index is 1.74. The predicted molar refractivity (Wildman–Crippen MR) is 92.2 cm³/mol. The van der Waals surface area contributed by atoms with Crippen LogP contribution < -0.4 is 5.32 Å². The molecule has 134 valence electrons. The second-order valence-electron chi connectivity index (χ2n) is 5.87. The van der Waals surface area contributed by atoms with Crippen LogP contribution in [0.15, 0.2) is 30.6 Å². The molecule has 9 heteroatoms. The molecule has 0 bridgehead atoms. The minimum Gasteiger partial charge on any atom is -0.345 e. The molecule has 0 aliphatic carbocycles. The zero-order valence-corrected chi connectivity index (χ0v) is 15.0. The van der Waals surface area contributed by atoms with Crippen LogP contribution in [0.1, 0.15) is 41.9 Å². The van der Waals surface area contributed by atoms with Gasteiger partial charge in [-0.15, -0.1) is 0 Å². The second-order valence-corrected chi connectivity index (χ2v) is 8.08. The SMILES string of the molecule is CCS(=O)(=O)N1CCn2cc(C(=O)NCc3ccccn3)nc2[C@H]1C. The van der Waals surface area contributed by atoms with Gasteiger partial charge in [-0.05, 0) is 26.0 Å². The van der Waals surface area contributed by atoms with Gasteiger partial charge in [0.25, 0.3) is 5.91 Å². The van der Waals surface area contributed by atoms with Crippen molar-refractivity contribution in [3.63, 3.8) is 0 Å². The molecule has 0 saturated heterocycles. The minimum atomic E-state index is -3.30. The smallest absolute Gasteiger partial charge is 0.271 e. The lowest BCUT2D eigenvalue weighted by Crippen LogP contribution is -2.41. The molecule has 8 nitrogen and oxygen atoms in total. The Morgan fingerprint density at radius 3 is 2.84 bits per heavy atom. The fraction of sp³-hybridized carbons (Fsp3) is 0.438. The highest BCUT2D eigenvalue weighted by atomic mass is 32.2. The van der Waals surface area contributed by atoms with Crippen molar-refractivity contribution in [2.24, 2.45) is 0 Å². The summed E-state index contributed by atoms with van der Waals surface area (Å²) in [6.45, 7) is 4.60. The van der Waals surface area contributed by atoms with Gasteiger partial charge in [-0.1, -0.05) is 6.07 Å². The summed E-state index contributed by atoms with van der Waals surface area (Å²) in [5.41, 5.74) is 1.04. The number of rotatable bonds is 5. The molecule has 0 aromatic carbocycles. The van der Waals surface area contributed by atoms with Crippen LogP contribution in [-0.2, 0) is 23.1 Å². The molecule has 25 heavy (non-hydrogen) atoms. The Labute approximate surface area is 146 Å². The molecular formula is C16H21N5O3S. The van der Waals surface area contributed by atoms with E-state index in [4.69, 9.17) is 0 Å². The van der Waals surface area contributed by atoms with Crippen LogP contribution in [-0.4, -0.2) is 45.5 Å². The van der Waals surface area contributed by atoms with Crippen LogP contribution >= 0.6 is 0 Å². The highest BCUT2D eigenvalue weighted by Crippen LogP contribution is 2.27. The molecular weight excluding hydrogens is 342 g/mol. The minimum absolute atomic E-state index is 0.0511. The number of nitrogens with zero attached hydrogens (tertiary/aromatic N) is 4. The average Bonchev–Trinajstić information content (AvgIpc) is 3.06. The standard InChI is InChI=1S/C16H21N5O3S/c1-3-25(23,24)21-9-8-20-11-14(19-15(20)12(21)2)16(22)18-10-13-6-4-5-7-17-13/h4-7,11-12H,3,8-10H2,1-2H3,(H,18,22)/t12-/m1/s1. The number of hydrogen-bond donors (Lipinski definition) is 1. The lowest BCUT2D eigenvalue weighted by molar-refractivity contribution is 0.0945. The van der Waals surface area contributed by atoms with E-state index in [-0.39, 0.29) is 17.4 Å². The van der Waals surface area contributed by atoms with E-state index < -0.39 is 16.1 Å². The quantitative estimate of drug-likeness (QED) is 0.852. The Kier molecular flexibility index (Phi) is 4.87. The van der Waals surface area contributed by atoms with Gasteiger partial charge in [0.2, 0.25) is 10.0 Å². The molecule has 1 atom stereocenters. The van der Waals surface area contributed by atoms with Crippen LogP contribution in [0.4, 0.5) is 0 Å².